The first kappa shape index (κ1) is 18.6. The number of quaternary nitrogens is 1. The summed E-state index contributed by atoms with van der Waals surface area (Å²) in [5.41, 5.74) is 1.60. The van der Waals surface area contributed by atoms with E-state index in [0.717, 1.165) is 17.6 Å². The van der Waals surface area contributed by atoms with Gasteiger partial charge >= 0.3 is 5.97 Å². The highest BCUT2D eigenvalue weighted by Crippen LogP contribution is 2.08. The van der Waals surface area contributed by atoms with Crippen molar-refractivity contribution in [1.29, 1.82) is 0 Å². The first-order valence-corrected chi connectivity index (χ1v) is 6.26. The van der Waals surface area contributed by atoms with Crippen molar-refractivity contribution < 1.29 is 31.5 Å². The molecule has 0 aliphatic carbocycles. The molecule has 4 nitrogen and oxygen atoms in total. The van der Waals surface area contributed by atoms with Gasteiger partial charge in [0.05, 0.1) is 14.1 Å². The molecule has 1 rings (SSSR count). The molecule has 1 aromatic carbocycles. The summed E-state index contributed by atoms with van der Waals surface area (Å²) in [4.78, 5) is 20.6. The van der Waals surface area contributed by atoms with Crippen LogP contribution in [0, 0.1) is 0 Å². The lowest BCUT2D eigenvalue weighted by molar-refractivity contribution is -0.904. The molecule has 0 fully saturated rings. The molecule has 5 heteroatoms. The van der Waals surface area contributed by atoms with Gasteiger partial charge in [-0.15, -0.1) is 0 Å². The Kier molecular flexibility index (Phi) is 8.15. The van der Waals surface area contributed by atoms with Gasteiger partial charge in [-0.3, -0.25) is 4.89 Å². The highest BCUT2D eigenvalue weighted by atomic mass is 35.5. The van der Waals surface area contributed by atoms with E-state index >= 15 is 0 Å². The summed E-state index contributed by atoms with van der Waals surface area (Å²) in [5.74, 6) is -0.520. The molecule has 0 unspecified atom stereocenters. The van der Waals surface area contributed by atoms with Gasteiger partial charge in [0.25, 0.3) is 0 Å². The molecule has 0 atom stereocenters. The van der Waals surface area contributed by atoms with Crippen LogP contribution in [0.2, 0.25) is 0 Å². The molecule has 0 radical (unpaired) electrons. The molecular weight excluding hydrogens is 278 g/mol. The topological polar surface area (TPSA) is 35.5 Å². The molecular formula is C15H22ClNO3. The number of carbonyl (C=O) groups excluding carboxylic acids is 1. The summed E-state index contributed by atoms with van der Waals surface area (Å²) in [5, 5.41) is 0. The molecule has 112 valence electrons. The van der Waals surface area contributed by atoms with Gasteiger partial charge in [0.1, 0.15) is 19.7 Å². The highest BCUT2D eigenvalue weighted by Gasteiger charge is 2.16. The van der Waals surface area contributed by atoms with Gasteiger partial charge in [0.2, 0.25) is 0 Å². The van der Waals surface area contributed by atoms with Crippen LogP contribution in [0.15, 0.2) is 42.5 Å². The third kappa shape index (κ3) is 7.28. The number of rotatable bonds is 7. The quantitative estimate of drug-likeness (QED) is 0.220. The first-order valence-electron chi connectivity index (χ1n) is 6.26. The second-order valence-electron chi connectivity index (χ2n) is 5.28. The summed E-state index contributed by atoms with van der Waals surface area (Å²) in [7, 11) is 4.22. The minimum atomic E-state index is -0.520. The molecule has 0 saturated carbocycles. The van der Waals surface area contributed by atoms with Crippen LogP contribution in [0.25, 0.3) is 0 Å². The van der Waals surface area contributed by atoms with Crippen molar-refractivity contribution in [3.8, 4) is 0 Å². The van der Waals surface area contributed by atoms with Crippen LogP contribution in [0.1, 0.15) is 12.5 Å². The predicted molar refractivity (Wildman–Crippen MR) is 74.0 cm³/mol. The third-order valence-corrected chi connectivity index (χ3v) is 2.72. The monoisotopic (exact) mass is 299 g/mol. The summed E-state index contributed by atoms with van der Waals surface area (Å²) < 4.78 is 0.759. The molecule has 0 N–H and O–H groups in total. The first-order chi connectivity index (χ1) is 8.91. The Morgan fingerprint density at radius 1 is 1.25 bits per heavy atom. The van der Waals surface area contributed by atoms with Gasteiger partial charge < -0.3 is 16.9 Å². The van der Waals surface area contributed by atoms with Crippen molar-refractivity contribution in [2.24, 2.45) is 0 Å². The van der Waals surface area contributed by atoms with E-state index in [1.807, 2.05) is 18.2 Å². The maximum Gasteiger partial charge on any atom is 0.368 e. The Hall–Kier alpha value is -1.36. The molecule has 0 aromatic heterocycles. The van der Waals surface area contributed by atoms with E-state index < -0.39 is 5.97 Å². The van der Waals surface area contributed by atoms with Crippen molar-refractivity contribution in [1.82, 2.24) is 0 Å². The fourth-order valence-electron chi connectivity index (χ4n) is 1.61. The molecule has 0 heterocycles. The van der Waals surface area contributed by atoms with Crippen molar-refractivity contribution in [2.75, 3.05) is 27.2 Å². The van der Waals surface area contributed by atoms with Gasteiger partial charge in [-0.25, -0.2) is 4.79 Å². The van der Waals surface area contributed by atoms with Crippen molar-refractivity contribution >= 4 is 5.97 Å². The molecule has 20 heavy (non-hydrogen) atoms. The average molecular weight is 300 g/mol. The number of carbonyl (C=O) groups is 1. The molecule has 0 bridgehead atoms. The van der Waals surface area contributed by atoms with E-state index in [-0.39, 0.29) is 12.4 Å². The molecule has 0 saturated heterocycles. The van der Waals surface area contributed by atoms with Crippen LogP contribution >= 0.6 is 0 Å². The fraction of sp³-hybridized carbons (Fsp3) is 0.400. The second-order valence-corrected chi connectivity index (χ2v) is 5.28. The lowest BCUT2D eigenvalue weighted by Crippen LogP contribution is -3.00. The number of hydrogen-bond acceptors (Lipinski definition) is 3. The van der Waals surface area contributed by atoms with Gasteiger partial charge in [-0.05, 0) is 6.92 Å². The summed E-state index contributed by atoms with van der Waals surface area (Å²) in [6.45, 7) is 7.07. The Balaban J connectivity index is 0.00000361. The minimum Gasteiger partial charge on any atom is -1.00 e. The number of nitrogens with zero attached hydrogens (tertiary/aromatic N) is 1. The van der Waals surface area contributed by atoms with Crippen LogP contribution in [0.3, 0.4) is 0 Å². The maximum absolute atomic E-state index is 11.1. The zero-order chi connectivity index (χ0) is 14.3. The Labute approximate surface area is 126 Å². The molecule has 0 spiro atoms. The number of halogens is 1. The number of benzene rings is 1. The molecule has 0 amide bonds. The van der Waals surface area contributed by atoms with E-state index in [2.05, 4.69) is 37.7 Å². The molecule has 0 aliphatic heterocycles. The zero-order valence-corrected chi connectivity index (χ0v) is 13.0. The van der Waals surface area contributed by atoms with Crippen molar-refractivity contribution in [3.63, 3.8) is 0 Å². The Morgan fingerprint density at radius 3 is 2.40 bits per heavy atom. The van der Waals surface area contributed by atoms with Crippen molar-refractivity contribution in [3.05, 3.63) is 48.0 Å². The smallest absolute Gasteiger partial charge is 0.368 e. The highest BCUT2D eigenvalue weighted by molar-refractivity contribution is 5.86. The van der Waals surface area contributed by atoms with Gasteiger partial charge in [-0.1, -0.05) is 36.9 Å². The van der Waals surface area contributed by atoms with Gasteiger partial charge in [-0.2, -0.15) is 4.89 Å². The number of hydrogen-bond donors (Lipinski definition) is 0. The van der Waals surface area contributed by atoms with E-state index in [9.17, 15) is 4.79 Å². The standard InChI is InChI=1S/C15H22NO3.ClH/c1-13(2)15(17)19-18-11-10-16(3,4)12-14-8-6-5-7-9-14;/h5-9H,1,10-12H2,2-4H3;1H/q+1;/p-1. The van der Waals surface area contributed by atoms with E-state index in [0.29, 0.717) is 12.2 Å². The van der Waals surface area contributed by atoms with Gasteiger partial charge in [0.15, 0.2) is 0 Å². The molecule has 1 aromatic rings. The van der Waals surface area contributed by atoms with Crippen molar-refractivity contribution in [2.45, 2.75) is 13.5 Å². The van der Waals surface area contributed by atoms with Crippen LogP contribution in [-0.4, -0.2) is 37.7 Å². The van der Waals surface area contributed by atoms with Crippen LogP contribution < -0.4 is 12.4 Å². The summed E-state index contributed by atoms with van der Waals surface area (Å²) in [6, 6.07) is 10.3. The normalized spacial score (nSPS) is 10.6. The van der Waals surface area contributed by atoms with Gasteiger partial charge in [0, 0.05) is 11.1 Å². The van der Waals surface area contributed by atoms with Crippen LogP contribution in [-0.2, 0) is 21.1 Å². The van der Waals surface area contributed by atoms with Crippen LogP contribution in [0.4, 0.5) is 0 Å². The summed E-state index contributed by atoms with van der Waals surface area (Å²) in [6.07, 6.45) is 0. The van der Waals surface area contributed by atoms with E-state index in [4.69, 9.17) is 4.89 Å². The van der Waals surface area contributed by atoms with Crippen LogP contribution in [0.5, 0.6) is 0 Å². The van der Waals surface area contributed by atoms with E-state index in [1.165, 1.54) is 5.56 Å². The van der Waals surface area contributed by atoms with E-state index in [1.54, 1.807) is 6.92 Å². The second kappa shape index (κ2) is 8.74. The zero-order valence-electron chi connectivity index (χ0n) is 12.3. The summed E-state index contributed by atoms with van der Waals surface area (Å²) >= 11 is 0. The fourth-order valence-corrected chi connectivity index (χ4v) is 1.61. The lowest BCUT2D eigenvalue weighted by atomic mass is 10.2. The largest absolute Gasteiger partial charge is 1.00 e. The average Bonchev–Trinajstić information content (AvgIpc) is 2.35. The minimum absolute atomic E-state index is 0. The third-order valence-electron chi connectivity index (χ3n) is 2.72. The number of likely N-dealkylation sites (N-methyl/N-ethyl adjacent to an activating group) is 1. The Morgan fingerprint density at radius 2 is 1.85 bits per heavy atom. The maximum atomic E-state index is 11.1. The lowest BCUT2D eigenvalue weighted by Gasteiger charge is -2.29. The predicted octanol–water partition coefficient (Wildman–Crippen LogP) is -0.682. The SMILES string of the molecule is C=C(C)C(=O)OOCC[N+](C)(C)Cc1ccccc1.[Cl-]. The molecule has 0 aliphatic rings. The Bertz CT molecular complexity index is 432.